The van der Waals surface area contributed by atoms with E-state index in [1.165, 1.54) is 14.0 Å². The second-order valence-electron chi connectivity index (χ2n) is 4.02. The van der Waals surface area contributed by atoms with Gasteiger partial charge in [-0.25, -0.2) is 4.79 Å². The van der Waals surface area contributed by atoms with Gasteiger partial charge in [0.05, 0.1) is 6.61 Å². The van der Waals surface area contributed by atoms with Gasteiger partial charge in [-0.1, -0.05) is 0 Å². The lowest BCUT2D eigenvalue weighted by Gasteiger charge is -2.41. The second kappa shape index (κ2) is 6.41. The van der Waals surface area contributed by atoms with Crippen LogP contribution in [-0.4, -0.2) is 76.9 Å². The van der Waals surface area contributed by atoms with E-state index < -0.39 is 49.4 Å². The van der Waals surface area contributed by atoms with Gasteiger partial charge in [0, 0.05) is 7.11 Å². The van der Waals surface area contributed by atoms with Crippen LogP contribution in [0.3, 0.4) is 0 Å². The van der Waals surface area contributed by atoms with Crippen molar-refractivity contribution in [3.63, 3.8) is 0 Å². The maximum absolute atomic E-state index is 10.7. The zero-order valence-electron chi connectivity index (χ0n) is 10.1. The lowest BCUT2D eigenvalue weighted by Crippen LogP contribution is -2.60. The highest BCUT2D eigenvalue weighted by Crippen LogP contribution is 2.24. The van der Waals surface area contributed by atoms with Crippen molar-refractivity contribution in [2.24, 2.45) is 0 Å². The first-order chi connectivity index (χ1) is 8.42. The summed E-state index contributed by atoms with van der Waals surface area (Å²) < 4.78 is 15.0. The van der Waals surface area contributed by atoms with Crippen molar-refractivity contribution < 1.29 is 39.4 Å². The molecular formula is C10H18O8. The summed E-state index contributed by atoms with van der Waals surface area (Å²) in [6.45, 7) is 0.766. The molecule has 8 nitrogen and oxygen atoms in total. The summed E-state index contributed by atoms with van der Waals surface area (Å²) >= 11 is 0. The average Bonchev–Trinajstić information content (AvgIpc) is 2.34. The van der Waals surface area contributed by atoms with Crippen molar-refractivity contribution >= 4 is 5.97 Å². The summed E-state index contributed by atoms with van der Waals surface area (Å²) in [7, 11) is 1.28. The minimum atomic E-state index is -1.35. The maximum Gasteiger partial charge on any atom is 0.332 e. The van der Waals surface area contributed by atoms with Gasteiger partial charge in [0.1, 0.15) is 24.4 Å². The summed E-state index contributed by atoms with van der Waals surface area (Å²) in [6.07, 6.45) is -7.24. The van der Waals surface area contributed by atoms with Crippen LogP contribution in [0, 0.1) is 0 Å². The number of aliphatic hydroxyl groups is 3. The SMILES string of the molecule is CO[C@H]1O[C@H](CO)[C@H](O)[C@H](OC(C)C(=O)O)[C@H]1O. The molecule has 0 aromatic rings. The second-order valence-corrected chi connectivity index (χ2v) is 4.02. The Labute approximate surface area is 104 Å². The molecule has 18 heavy (non-hydrogen) atoms. The molecule has 1 aliphatic heterocycles. The molecule has 6 atom stereocenters. The number of hydrogen-bond acceptors (Lipinski definition) is 7. The monoisotopic (exact) mass is 266 g/mol. The molecule has 1 saturated heterocycles. The van der Waals surface area contributed by atoms with Crippen LogP contribution in [0.15, 0.2) is 0 Å². The van der Waals surface area contributed by atoms with E-state index in [9.17, 15) is 15.0 Å². The van der Waals surface area contributed by atoms with Gasteiger partial charge in [0.2, 0.25) is 0 Å². The Morgan fingerprint density at radius 3 is 2.44 bits per heavy atom. The van der Waals surface area contributed by atoms with Crippen LogP contribution < -0.4 is 0 Å². The zero-order chi connectivity index (χ0) is 13.9. The fraction of sp³-hybridized carbons (Fsp3) is 0.900. The molecular weight excluding hydrogens is 248 g/mol. The van der Waals surface area contributed by atoms with Crippen LogP contribution in [0.1, 0.15) is 6.92 Å². The molecule has 1 fully saturated rings. The molecule has 0 bridgehead atoms. The smallest absolute Gasteiger partial charge is 0.332 e. The van der Waals surface area contributed by atoms with E-state index in [0.717, 1.165) is 0 Å². The number of hydrogen-bond donors (Lipinski definition) is 4. The highest BCUT2D eigenvalue weighted by molar-refractivity contribution is 5.71. The quantitative estimate of drug-likeness (QED) is 0.447. The lowest BCUT2D eigenvalue weighted by atomic mass is 9.99. The summed E-state index contributed by atoms with van der Waals surface area (Å²) in [6, 6.07) is 0. The Morgan fingerprint density at radius 1 is 1.39 bits per heavy atom. The third-order valence-corrected chi connectivity index (χ3v) is 2.76. The molecule has 0 saturated carbocycles. The van der Waals surface area contributed by atoms with Crippen LogP contribution >= 0.6 is 0 Å². The number of methoxy groups -OCH3 is 1. The van der Waals surface area contributed by atoms with Gasteiger partial charge in [-0.3, -0.25) is 0 Å². The zero-order valence-corrected chi connectivity index (χ0v) is 10.1. The first-order valence-corrected chi connectivity index (χ1v) is 5.45. The van der Waals surface area contributed by atoms with Crippen molar-refractivity contribution in [1.82, 2.24) is 0 Å². The van der Waals surface area contributed by atoms with Crippen LogP contribution in [0.2, 0.25) is 0 Å². The van der Waals surface area contributed by atoms with E-state index in [2.05, 4.69) is 0 Å². The molecule has 1 heterocycles. The Hall–Kier alpha value is -0.770. The first kappa shape index (κ1) is 15.3. The Balaban J connectivity index is 2.79. The Bertz CT molecular complexity index is 267. The minimum Gasteiger partial charge on any atom is -0.479 e. The molecule has 4 N–H and O–H groups in total. The first-order valence-electron chi connectivity index (χ1n) is 5.45. The molecule has 0 aliphatic carbocycles. The third-order valence-electron chi connectivity index (χ3n) is 2.76. The summed E-state index contributed by atoms with van der Waals surface area (Å²) in [4.78, 5) is 10.7. The van der Waals surface area contributed by atoms with E-state index in [1.54, 1.807) is 0 Å². The van der Waals surface area contributed by atoms with Crippen LogP contribution in [-0.2, 0) is 19.0 Å². The van der Waals surface area contributed by atoms with Crippen molar-refractivity contribution in [1.29, 1.82) is 0 Å². The topological polar surface area (TPSA) is 126 Å². The fourth-order valence-corrected chi connectivity index (χ4v) is 1.70. The number of aliphatic hydroxyl groups excluding tert-OH is 3. The number of carboxylic acid groups (broad SMARTS) is 1. The van der Waals surface area contributed by atoms with Crippen LogP contribution in [0.5, 0.6) is 0 Å². The number of rotatable bonds is 5. The highest BCUT2D eigenvalue weighted by Gasteiger charge is 2.46. The minimum absolute atomic E-state index is 0.505. The molecule has 0 spiro atoms. The normalized spacial score (nSPS) is 38.4. The molecule has 1 aliphatic rings. The molecule has 0 amide bonds. The van der Waals surface area contributed by atoms with Gasteiger partial charge in [-0.15, -0.1) is 0 Å². The van der Waals surface area contributed by atoms with Crippen LogP contribution in [0.25, 0.3) is 0 Å². The standard InChI is InChI=1S/C10H18O8/c1-4(9(14)15)17-8-6(12)5(3-11)18-10(16-2)7(8)13/h4-8,10-13H,3H2,1-2H3,(H,14,15)/t4?,5-,6+,7-,8+,10+/m1/s1. The average molecular weight is 266 g/mol. The van der Waals surface area contributed by atoms with Crippen LogP contribution in [0.4, 0.5) is 0 Å². The summed E-state index contributed by atoms with van der Waals surface area (Å²) in [5, 5.41) is 37.4. The Kier molecular flexibility index (Phi) is 5.45. The van der Waals surface area contributed by atoms with Gasteiger partial charge >= 0.3 is 5.97 Å². The van der Waals surface area contributed by atoms with E-state index in [1.807, 2.05) is 0 Å². The van der Waals surface area contributed by atoms with Gasteiger partial charge in [0.15, 0.2) is 12.4 Å². The largest absolute Gasteiger partial charge is 0.479 e. The van der Waals surface area contributed by atoms with Gasteiger partial charge < -0.3 is 34.6 Å². The third kappa shape index (κ3) is 3.16. The van der Waals surface area contributed by atoms with Gasteiger partial charge in [-0.05, 0) is 6.92 Å². The number of carboxylic acids is 1. The van der Waals surface area contributed by atoms with Gasteiger partial charge in [-0.2, -0.15) is 0 Å². The van der Waals surface area contributed by atoms with Gasteiger partial charge in [0.25, 0.3) is 0 Å². The number of aliphatic carboxylic acids is 1. The van der Waals surface area contributed by atoms with Crippen molar-refractivity contribution in [2.45, 2.75) is 43.7 Å². The fourth-order valence-electron chi connectivity index (χ4n) is 1.70. The van der Waals surface area contributed by atoms with E-state index in [4.69, 9.17) is 24.4 Å². The molecule has 8 heteroatoms. The molecule has 106 valence electrons. The van der Waals surface area contributed by atoms with E-state index in [0.29, 0.717) is 0 Å². The maximum atomic E-state index is 10.7. The molecule has 0 aromatic heterocycles. The van der Waals surface area contributed by atoms with E-state index in [-0.39, 0.29) is 0 Å². The highest BCUT2D eigenvalue weighted by atomic mass is 16.7. The van der Waals surface area contributed by atoms with E-state index >= 15 is 0 Å². The Morgan fingerprint density at radius 2 is 2.00 bits per heavy atom. The number of carbonyl (C=O) groups is 1. The van der Waals surface area contributed by atoms with Crippen molar-refractivity contribution in [2.75, 3.05) is 13.7 Å². The summed E-state index contributed by atoms with van der Waals surface area (Å²) in [5.74, 6) is -1.23. The molecule has 1 rings (SSSR count). The van der Waals surface area contributed by atoms with Crippen molar-refractivity contribution in [3.05, 3.63) is 0 Å². The number of ether oxygens (including phenoxy) is 3. The molecule has 1 unspecified atom stereocenters. The molecule has 0 aromatic carbocycles. The molecule has 0 radical (unpaired) electrons. The lowest BCUT2D eigenvalue weighted by molar-refractivity contribution is -0.305. The predicted octanol–water partition coefficient (Wildman–Crippen LogP) is -2.07. The summed E-state index contributed by atoms with van der Waals surface area (Å²) in [5.41, 5.74) is 0. The van der Waals surface area contributed by atoms with Crippen molar-refractivity contribution in [3.8, 4) is 0 Å². The predicted molar refractivity (Wildman–Crippen MR) is 56.7 cm³/mol.